The SMILES string of the molecule is COC(=O)C(=O)C(O[O])[C@@H](C)[C@H]1CC[C@@H](C)C1(C)C. The van der Waals surface area contributed by atoms with Crippen molar-refractivity contribution in [2.24, 2.45) is 23.2 Å². The van der Waals surface area contributed by atoms with Crippen LogP contribution in [-0.4, -0.2) is 25.0 Å². The van der Waals surface area contributed by atoms with E-state index in [0.29, 0.717) is 5.92 Å². The van der Waals surface area contributed by atoms with Crippen molar-refractivity contribution < 1.29 is 24.5 Å². The molecule has 4 atom stereocenters. The number of rotatable bonds is 5. The molecule has 0 bridgehead atoms. The van der Waals surface area contributed by atoms with Crippen LogP contribution in [0.15, 0.2) is 0 Å². The van der Waals surface area contributed by atoms with E-state index < -0.39 is 17.9 Å². The lowest BCUT2D eigenvalue weighted by Gasteiger charge is -2.36. The topological polar surface area (TPSA) is 72.5 Å². The van der Waals surface area contributed by atoms with Gasteiger partial charge >= 0.3 is 5.97 Å². The lowest BCUT2D eigenvalue weighted by atomic mass is 9.69. The minimum atomic E-state index is -1.26. The highest BCUT2D eigenvalue weighted by Crippen LogP contribution is 2.51. The molecule has 5 heteroatoms. The molecule has 1 rings (SSSR count). The summed E-state index contributed by atoms with van der Waals surface area (Å²) in [5, 5.41) is 10.9. The third-order valence-electron chi connectivity index (χ3n) is 5.00. The summed E-state index contributed by atoms with van der Waals surface area (Å²) in [6.07, 6.45) is 0.728. The van der Waals surface area contributed by atoms with E-state index in [1.165, 1.54) is 0 Å². The van der Waals surface area contributed by atoms with E-state index in [4.69, 9.17) is 0 Å². The van der Waals surface area contributed by atoms with Gasteiger partial charge < -0.3 is 4.74 Å². The molecule has 0 spiro atoms. The van der Waals surface area contributed by atoms with Crippen LogP contribution in [-0.2, 0) is 24.5 Å². The van der Waals surface area contributed by atoms with Crippen molar-refractivity contribution in [3.05, 3.63) is 0 Å². The van der Waals surface area contributed by atoms with Crippen LogP contribution in [0.5, 0.6) is 0 Å². The largest absolute Gasteiger partial charge is 0.463 e. The van der Waals surface area contributed by atoms with Crippen molar-refractivity contribution in [1.82, 2.24) is 0 Å². The molecule has 0 aromatic carbocycles. The van der Waals surface area contributed by atoms with E-state index in [1.807, 2.05) is 0 Å². The van der Waals surface area contributed by atoms with Crippen LogP contribution in [0.4, 0.5) is 0 Å². The van der Waals surface area contributed by atoms with E-state index in [9.17, 15) is 14.8 Å². The first-order valence-electron chi connectivity index (χ1n) is 6.68. The average molecular weight is 271 g/mol. The van der Waals surface area contributed by atoms with Crippen LogP contribution < -0.4 is 0 Å². The van der Waals surface area contributed by atoms with E-state index in [0.717, 1.165) is 20.0 Å². The van der Waals surface area contributed by atoms with E-state index in [2.05, 4.69) is 30.4 Å². The molecule has 0 aliphatic heterocycles. The molecular formula is C14H23O5. The molecule has 19 heavy (non-hydrogen) atoms. The molecule has 109 valence electrons. The van der Waals surface area contributed by atoms with Crippen LogP contribution in [0.2, 0.25) is 0 Å². The van der Waals surface area contributed by atoms with Crippen molar-refractivity contribution in [1.29, 1.82) is 0 Å². The zero-order valence-corrected chi connectivity index (χ0v) is 12.3. The predicted molar refractivity (Wildman–Crippen MR) is 67.4 cm³/mol. The first-order chi connectivity index (χ1) is 8.77. The predicted octanol–water partition coefficient (Wildman–Crippen LogP) is 2.17. The molecule has 1 fully saturated rings. The smallest absolute Gasteiger partial charge is 0.377 e. The number of methoxy groups -OCH3 is 1. The molecule has 5 nitrogen and oxygen atoms in total. The van der Waals surface area contributed by atoms with Gasteiger partial charge in [-0.05, 0) is 41.3 Å². The van der Waals surface area contributed by atoms with Gasteiger partial charge in [-0.25, -0.2) is 4.79 Å². The fourth-order valence-electron chi connectivity index (χ4n) is 3.28. The number of hydrogen-bond donors (Lipinski definition) is 0. The van der Waals surface area contributed by atoms with E-state index in [1.54, 1.807) is 6.92 Å². The maximum atomic E-state index is 11.8. The second kappa shape index (κ2) is 6.01. The fraction of sp³-hybridized carbons (Fsp3) is 0.857. The third-order valence-corrected chi connectivity index (χ3v) is 5.00. The Hall–Kier alpha value is -0.940. The summed E-state index contributed by atoms with van der Waals surface area (Å²) in [4.78, 5) is 27.1. The first kappa shape index (κ1) is 16.1. The van der Waals surface area contributed by atoms with Crippen LogP contribution in [0.3, 0.4) is 0 Å². The highest BCUT2D eigenvalue weighted by atomic mass is 17.1. The Balaban J connectivity index is 2.88. The van der Waals surface area contributed by atoms with Gasteiger partial charge in [-0.1, -0.05) is 27.7 Å². The summed E-state index contributed by atoms with van der Waals surface area (Å²) < 4.78 is 4.37. The Bertz CT molecular complexity index is 350. The van der Waals surface area contributed by atoms with Gasteiger partial charge in [0, 0.05) is 0 Å². The zero-order chi connectivity index (χ0) is 14.8. The number of esters is 1. The van der Waals surface area contributed by atoms with Gasteiger partial charge in [0.1, 0.15) is 0 Å². The number of ether oxygens (including phenoxy) is 1. The molecule has 1 unspecified atom stereocenters. The highest BCUT2D eigenvalue weighted by Gasteiger charge is 2.47. The minimum Gasteiger partial charge on any atom is -0.463 e. The fourth-order valence-corrected chi connectivity index (χ4v) is 3.28. The van der Waals surface area contributed by atoms with Gasteiger partial charge in [0.15, 0.2) is 6.10 Å². The van der Waals surface area contributed by atoms with Gasteiger partial charge in [-0.2, -0.15) is 4.89 Å². The molecule has 0 heterocycles. The summed E-state index contributed by atoms with van der Waals surface area (Å²) in [6.45, 7) is 8.24. The lowest BCUT2D eigenvalue weighted by Crippen LogP contribution is -2.42. The number of hydrogen-bond acceptors (Lipinski definition) is 4. The standard InChI is InChI=1S/C14H23O5/c1-8-6-7-10(14(8,3)4)9(2)12(19-17)11(15)13(16)18-5/h8-10,12H,6-7H2,1-5H3/t8-,9+,10-,12?/m1/s1. The molecule has 1 aliphatic rings. The number of carbonyl (C=O) groups excluding carboxylic acids is 2. The summed E-state index contributed by atoms with van der Waals surface area (Å²) in [5.74, 6) is -1.52. The number of carbonyl (C=O) groups is 2. The lowest BCUT2D eigenvalue weighted by molar-refractivity contribution is -0.336. The monoisotopic (exact) mass is 271 g/mol. The number of ketones is 1. The average Bonchev–Trinajstić information content (AvgIpc) is 2.63. The van der Waals surface area contributed by atoms with Crippen LogP contribution in [0.25, 0.3) is 0 Å². The van der Waals surface area contributed by atoms with Crippen molar-refractivity contribution >= 4 is 11.8 Å². The maximum Gasteiger partial charge on any atom is 0.377 e. The number of Topliss-reactive ketones (excluding diaryl/α,β-unsaturated/α-hetero) is 1. The van der Waals surface area contributed by atoms with E-state index in [-0.39, 0.29) is 17.3 Å². The van der Waals surface area contributed by atoms with Crippen LogP contribution >= 0.6 is 0 Å². The normalized spacial score (nSPS) is 28.7. The van der Waals surface area contributed by atoms with Crippen molar-refractivity contribution in [3.63, 3.8) is 0 Å². The molecule has 1 aliphatic carbocycles. The molecule has 0 N–H and O–H groups in total. The Morgan fingerprint density at radius 1 is 1.26 bits per heavy atom. The molecule has 0 aromatic rings. The van der Waals surface area contributed by atoms with Crippen LogP contribution in [0, 0.1) is 23.2 Å². The van der Waals surface area contributed by atoms with Crippen molar-refractivity contribution in [3.8, 4) is 0 Å². The van der Waals surface area contributed by atoms with Gasteiger partial charge in [-0.3, -0.25) is 4.79 Å². The second-order valence-electron chi connectivity index (χ2n) is 6.14. The molecule has 0 amide bonds. The van der Waals surface area contributed by atoms with Crippen molar-refractivity contribution in [2.75, 3.05) is 7.11 Å². The molecule has 1 radical (unpaired) electrons. The Kier molecular flexibility index (Phi) is 5.10. The van der Waals surface area contributed by atoms with Crippen LogP contribution in [0.1, 0.15) is 40.5 Å². The highest BCUT2D eigenvalue weighted by molar-refractivity contribution is 6.35. The summed E-state index contributed by atoms with van der Waals surface area (Å²) in [5.41, 5.74) is 0.0204. The van der Waals surface area contributed by atoms with Gasteiger partial charge in [0.2, 0.25) is 0 Å². The quantitative estimate of drug-likeness (QED) is 0.332. The summed E-state index contributed by atoms with van der Waals surface area (Å²) in [6, 6.07) is 0. The van der Waals surface area contributed by atoms with Gasteiger partial charge in [-0.15, -0.1) is 0 Å². The van der Waals surface area contributed by atoms with Crippen molar-refractivity contribution in [2.45, 2.75) is 46.6 Å². The Morgan fingerprint density at radius 2 is 1.84 bits per heavy atom. The molecule has 1 saturated carbocycles. The minimum absolute atomic E-state index is 0.0204. The Labute approximate surface area is 114 Å². The zero-order valence-electron chi connectivity index (χ0n) is 12.3. The third kappa shape index (κ3) is 2.98. The molecule has 0 saturated heterocycles. The maximum absolute atomic E-state index is 11.8. The van der Waals surface area contributed by atoms with E-state index >= 15 is 0 Å². The molecular weight excluding hydrogens is 248 g/mol. The molecule has 0 aromatic heterocycles. The Morgan fingerprint density at radius 3 is 2.21 bits per heavy atom. The summed E-state index contributed by atoms with van der Waals surface area (Å²) in [7, 11) is 1.12. The van der Waals surface area contributed by atoms with Gasteiger partial charge in [0.25, 0.3) is 5.78 Å². The summed E-state index contributed by atoms with van der Waals surface area (Å²) >= 11 is 0. The second-order valence-corrected chi connectivity index (χ2v) is 6.14. The first-order valence-corrected chi connectivity index (χ1v) is 6.68. The van der Waals surface area contributed by atoms with Gasteiger partial charge in [0.05, 0.1) is 7.11 Å².